The molecular formula is C18H17ClFNO2. The maximum absolute atomic E-state index is 13.5. The highest BCUT2D eigenvalue weighted by Crippen LogP contribution is 2.35. The van der Waals surface area contributed by atoms with E-state index in [-0.39, 0.29) is 11.8 Å². The van der Waals surface area contributed by atoms with Gasteiger partial charge in [0.15, 0.2) is 6.04 Å². The molecule has 2 aromatic rings. The Morgan fingerprint density at radius 1 is 1.30 bits per heavy atom. The van der Waals surface area contributed by atoms with E-state index in [4.69, 9.17) is 16.3 Å². The first-order valence-corrected chi connectivity index (χ1v) is 7.95. The number of carbonyl (C=O) groups excluding carboxylic acids is 1. The van der Waals surface area contributed by atoms with Crippen molar-refractivity contribution in [3.63, 3.8) is 0 Å². The van der Waals surface area contributed by atoms with Crippen LogP contribution in [0, 0.1) is 5.82 Å². The normalized spacial score (nSPS) is 16.8. The van der Waals surface area contributed by atoms with E-state index >= 15 is 0 Å². The van der Waals surface area contributed by atoms with Crippen molar-refractivity contribution in [3.8, 4) is 0 Å². The van der Waals surface area contributed by atoms with Gasteiger partial charge in [-0.15, -0.1) is 0 Å². The van der Waals surface area contributed by atoms with Crippen LogP contribution in [0.4, 0.5) is 10.1 Å². The van der Waals surface area contributed by atoms with Crippen LogP contribution in [-0.4, -0.2) is 19.1 Å². The molecule has 0 aromatic heterocycles. The number of fused-ring (bicyclic) bond motifs is 1. The molecule has 120 valence electrons. The second-order valence-electron chi connectivity index (χ2n) is 5.42. The van der Waals surface area contributed by atoms with Crippen LogP contribution in [0.2, 0.25) is 5.02 Å². The molecule has 0 amide bonds. The van der Waals surface area contributed by atoms with Crippen LogP contribution < -0.4 is 4.90 Å². The third-order valence-electron chi connectivity index (χ3n) is 4.00. The quantitative estimate of drug-likeness (QED) is 0.790. The number of hydrogen-bond acceptors (Lipinski definition) is 3. The van der Waals surface area contributed by atoms with Crippen LogP contribution in [0.5, 0.6) is 0 Å². The van der Waals surface area contributed by atoms with Crippen LogP contribution in [0.1, 0.15) is 24.1 Å². The van der Waals surface area contributed by atoms with Crippen LogP contribution in [0.3, 0.4) is 0 Å². The summed E-state index contributed by atoms with van der Waals surface area (Å²) >= 11 is 5.95. The fourth-order valence-electron chi connectivity index (χ4n) is 2.98. The van der Waals surface area contributed by atoms with Gasteiger partial charge in [-0.1, -0.05) is 17.7 Å². The van der Waals surface area contributed by atoms with Crippen molar-refractivity contribution in [2.24, 2.45) is 0 Å². The SMILES string of the molecule is CCOC(=O)[C@@H]1c2ccc(F)cc2CCN1c1ccc(Cl)cc1. The van der Waals surface area contributed by atoms with E-state index in [1.54, 1.807) is 25.1 Å². The first-order chi connectivity index (χ1) is 11.1. The molecular weight excluding hydrogens is 317 g/mol. The number of anilines is 1. The van der Waals surface area contributed by atoms with Gasteiger partial charge in [0, 0.05) is 17.3 Å². The van der Waals surface area contributed by atoms with Gasteiger partial charge in [-0.05, 0) is 60.9 Å². The van der Waals surface area contributed by atoms with Crippen molar-refractivity contribution in [2.75, 3.05) is 18.1 Å². The molecule has 0 spiro atoms. The lowest BCUT2D eigenvalue weighted by atomic mass is 9.92. The van der Waals surface area contributed by atoms with Crippen LogP contribution in [0.15, 0.2) is 42.5 Å². The van der Waals surface area contributed by atoms with Crippen LogP contribution in [-0.2, 0) is 16.0 Å². The number of carbonyl (C=O) groups is 1. The molecule has 3 rings (SSSR count). The maximum Gasteiger partial charge on any atom is 0.333 e. The Balaban J connectivity index is 2.03. The number of ether oxygens (including phenoxy) is 1. The standard InChI is InChI=1S/C18H17ClFNO2/c1-2-23-18(22)17-16-8-5-14(20)11-12(16)9-10-21(17)15-6-3-13(19)4-7-15/h3-8,11,17H,2,9-10H2,1H3/t17-/m0/s1. The number of halogens is 2. The summed E-state index contributed by atoms with van der Waals surface area (Å²) in [7, 11) is 0. The Labute approximate surface area is 139 Å². The second kappa shape index (κ2) is 6.59. The Morgan fingerprint density at radius 3 is 2.74 bits per heavy atom. The second-order valence-corrected chi connectivity index (χ2v) is 5.85. The summed E-state index contributed by atoms with van der Waals surface area (Å²) < 4.78 is 18.7. The fraction of sp³-hybridized carbons (Fsp3) is 0.278. The Morgan fingerprint density at radius 2 is 2.04 bits per heavy atom. The number of hydrogen-bond donors (Lipinski definition) is 0. The summed E-state index contributed by atoms with van der Waals surface area (Å²) in [6.45, 7) is 2.70. The van der Waals surface area contributed by atoms with Gasteiger partial charge in [0.2, 0.25) is 0 Å². The molecule has 0 saturated heterocycles. The molecule has 2 aromatic carbocycles. The molecule has 0 unspecified atom stereocenters. The Bertz CT molecular complexity index is 717. The summed E-state index contributed by atoms with van der Waals surface area (Å²) in [4.78, 5) is 14.5. The van der Waals surface area contributed by atoms with Crippen molar-refractivity contribution in [3.05, 3.63) is 64.4 Å². The third-order valence-corrected chi connectivity index (χ3v) is 4.25. The van der Waals surface area contributed by atoms with E-state index < -0.39 is 6.04 Å². The number of benzene rings is 2. The van der Waals surface area contributed by atoms with Crippen LogP contribution >= 0.6 is 11.6 Å². The van der Waals surface area contributed by atoms with E-state index in [0.717, 1.165) is 16.8 Å². The van der Waals surface area contributed by atoms with Crippen molar-refractivity contribution in [1.82, 2.24) is 0 Å². The van der Waals surface area contributed by atoms with Gasteiger partial charge < -0.3 is 9.64 Å². The zero-order valence-corrected chi connectivity index (χ0v) is 13.5. The van der Waals surface area contributed by atoms with E-state index in [1.165, 1.54) is 12.1 Å². The number of nitrogens with zero attached hydrogens (tertiary/aromatic N) is 1. The molecule has 0 radical (unpaired) electrons. The molecule has 1 atom stereocenters. The molecule has 0 aliphatic carbocycles. The summed E-state index contributed by atoms with van der Waals surface area (Å²) in [5.41, 5.74) is 2.54. The zero-order valence-electron chi connectivity index (χ0n) is 12.8. The Hall–Kier alpha value is -2.07. The van der Waals surface area contributed by atoms with Gasteiger partial charge in [-0.25, -0.2) is 9.18 Å². The number of rotatable bonds is 3. The monoisotopic (exact) mass is 333 g/mol. The topological polar surface area (TPSA) is 29.5 Å². The van der Waals surface area contributed by atoms with Gasteiger partial charge in [0.05, 0.1) is 6.61 Å². The first-order valence-electron chi connectivity index (χ1n) is 7.57. The van der Waals surface area contributed by atoms with E-state index in [9.17, 15) is 9.18 Å². The molecule has 0 bridgehead atoms. The Kier molecular flexibility index (Phi) is 4.53. The molecule has 1 aliphatic rings. The average molecular weight is 334 g/mol. The minimum Gasteiger partial charge on any atom is -0.464 e. The van der Waals surface area contributed by atoms with Gasteiger partial charge in [-0.2, -0.15) is 0 Å². The predicted octanol–water partition coefficient (Wildman–Crippen LogP) is 4.15. The minimum absolute atomic E-state index is 0.286. The van der Waals surface area contributed by atoms with Gasteiger partial charge >= 0.3 is 5.97 Å². The fourth-order valence-corrected chi connectivity index (χ4v) is 3.11. The summed E-state index contributed by atoms with van der Waals surface area (Å²) in [5, 5.41) is 0.640. The highest BCUT2D eigenvalue weighted by molar-refractivity contribution is 6.30. The van der Waals surface area contributed by atoms with Crippen molar-refractivity contribution in [2.45, 2.75) is 19.4 Å². The molecule has 0 N–H and O–H groups in total. The van der Waals surface area contributed by atoms with Crippen molar-refractivity contribution in [1.29, 1.82) is 0 Å². The lowest BCUT2D eigenvalue weighted by molar-refractivity contribution is -0.145. The van der Waals surface area contributed by atoms with Gasteiger partial charge in [0.25, 0.3) is 0 Å². The highest BCUT2D eigenvalue weighted by Gasteiger charge is 2.34. The average Bonchev–Trinajstić information content (AvgIpc) is 2.54. The summed E-state index contributed by atoms with van der Waals surface area (Å²) in [6, 6.07) is 11.3. The largest absolute Gasteiger partial charge is 0.464 e. The smallest absolute Gasteiger partial charge is 0.333 e. The lowest BCUT2D eigenvalue weighted by Gasteiger charge is -2.37. The minimum atomic E-state index is -0.569. The van der Waals surface area contributed by atoms with Crippen molar-refractivity contribution < 1.29 is 13.9 Å². The zero-order chi connectivity index (χ0) is 16.4. The molecule has 1 heterocycles. The lowest BCUT2D eigenvalue weighted by Crippen LogP contribution is -2.40. The molecule has 3 nitrogen and oxygen atoms in total. The number of esters is 1. The van der Waals surface area contributed by atoms with Crippen molar-refractivity contribution >= 4 is 23.3 Å². The molecule has 5 heteroatoms. The van der Waals surface area contributed by atoms with E-state index in [1.807, 2.05) is 17.0 Å². The van der Waals surface area contributed by atoms with Gasteiger partial charge in [0.1, 0.15) is 5.82 Å². The maximum atomic E-state index is 13.5. The van der Waals surface area contributed by atoms with Crippen LogP contribution in [0.25, 0.3) is 0 Å². The molecule has 0 saturated carbocycles. The molecule has 23 heavy (non-hydrogen) atoms. The molecule has 1 aliphatic heterocycles. The van der Waals surface area contributed by atoms with E-state index in [2.05, 4.69) is 0 Å². The summed E-state index contributed by atoms with van der Waals surface area (Å²) in [6.07, 6.45) is 0.672. The molecule has 0 fully saturated rings. The first kappa shape index (κ1) is 15.8. The van der Waals surface area contributed by atoms with E-state index in [0.29, 0.717) is 24.6 Å². The predicted molar refractivity (Wildman–Crippen MR) is 88.3 cm³/mol. The highest BCUT2D eigenvalue weighted by atomic mass is 35.5. The third kappa shape index (κ3) is 3.17. The van der Waals surface area contributed by atoms with Gasteiger partial charge in [-0.3, -0.25) is 0 Å². The summed E-state index contributed by atoms with van der Waals surface area (Å²) in [5.74, 6) is -0.610.